The lowest BCUT2D eigenvalue weighted by molar-refractivity contribution is -0.146. The van der Waals surface area contributed by atoms with Gasteiger partial charge in [0.15, 0.2) is 0 Å². The van der Waals surface area contributed by atoms with Crippen molar-refractivity contribution in [2.24, 2.45) is 0 Å². The second kappa shape index (κ2) is 8.30. The molecule has 0 heterocycles. The van der Waals surface area contributed by atoms with E-state index in [1.807, 2.05) is 0 Å². The van der Waals surface area contributed by atoms with Gasteiger partial charge in [0.2, 0.25) is 0 Å². The number of aliphatic hydroxyl groups is 1. The highest BCUT2D eigenvalue weighted by Crippen LogP contribution is 2.16. The average Bonchev–Trinajstić information content (AvgIpc) is 2.14. The Balaban J connectivity index is 3.73. The Labute approximate surface area is 98.0 Å². The van der Waals surface area contributed by atoms with Gasteiger partial charge in [0.05, 0.1) is 13.2 Å². The van der Waals surface area contributed by atoms with Crippen LogP contribution in [-0.4, -0.2) is 53.5 Å². The van der Waals surface area contributed by atoms with Crippen LogP contribution in [0.5, 0.6) is 0 Å². The Bertz CT molecular complexity index is 221. The number of hydrogen-bond acceptors (Lipinski definition) is 3. The number of carbonyl (C=O) groups is 1. The van der Waals surface area contributed by atoms with Gasteiger partial charge in [-0.25, -0.2) is 0 Å². The first kappa shape index (κ1) is 16.2. The Morgan fingerprint density at radius 2 is 1.76 bits per heavy atom. The van der Waals surface area contributed by atoms with E-state index in [4.69, 9.17) is 10.2 Å². The first-order valence-corrected chi connectivity index (χ1v) is 5.47. The third-order valence-corrected chi connectivity index (χ3v) is 2.18. The zero-order valence-corrected chi connectivity index (χ0v) is 9.54. The van der Waals surface area contributed by atoms with Crippen LogP contribution in [0.25, 0.3) is 0 Å². The second-order valence-corrected chi connectivity index (χ2v) is 3.82. The molecule has 0 radical (unpaired) electrons. The van der Waals surface area contributed by atoms with Crippen molar-refractivity contribution in [2.75, 3.05) is 26.2 Å². The fourth-order valence-electron chi connectivity index (χ4n) is 1.45. The Morgan fingerprint density at radius 1 is 1.12 bits per heavy atom. The minimum Gasteiger partial charge on any atom is -0.481 e. The van der Waals surface area contributed by atoms with Crippen molar-refractivity contribution < 1.29 is 28.2 Å². The lowest BCUT2D eigenvalue weighted by Gasteiger charge is -2.22. The molecule has 0 aromatic rings. The molecular weight excluding hydrogens is 239 g/mol. The van der Waals surface area contributed by atoms with Crippen LogP contribution in [0.2, 0.25) is 0 Å². The van der Waals surface area contributed by atoms with E-state index in [1.54, 1.807) is 0 Å². The number of hydrogen-bond donors (Lipinski definition) is 2. The number of unbranched alkanes of at least 4 members (excludes halogenated alkanes) is 2. The van der Waals surface area contributed by atoms with Crippen molar-refractivity contribution in [3.8, 4) is 0 Å². The largest absolute Gasteiger partial charge is 0.481 e. The van der Waals surface area contributed by atoms with Crippen LogP contribution in [0.4, 0.5) is 13.2 Å². The van der Waals surface area contributed by atoms with Crippen molar-refractivity contribution in [3.05, 3.63) is 0 Å². The normalized spacial score (nSPS) is 12.1. The molecule has 0 aliphatic heterocycles. The van der Waals surface area contributed by atoms with Crippen LogP contribution in [0, 0.1) is 0 Å². The summed E-state index contributed by atoms with van der Waals surface area (Å²) >= 11 is 0. The summed E-state index contributed by atoms with van der Waals surface area (Å²) in [6.07, 6.45) is -2.68. The standard InChI is InChI=1S/C10H18F3NO3/c11-10(12,13)8-14(6-7-15)5-3-1-2-4-9(16)17/h15H,1-8H2,(H,16,17). The zero-order chi connectivity index (χ0) is 13.3. The van der Waals surface area contributed by atoms with Crippen molar-refractivity contribution in [1.29, 1.82) is 0 Å². The van der Waals surface area contributed by atoms with Gasteiger partial charge in [0.25, 0.3) is 0 Å². The van der Waals surface area contributed by atoms with Gasteiger partial charge in [-0.15, -0.1) is 0 Å². The van der Waals surface area contributed by atoms with Crippen molar-refractivity contribution in [2.45, 2.75) is 31.9 Å². The summed E-state index contributed by atoms with van der Waals surface area (Å²) in [6, 6.07) is 0. The van der Waals surface area contributed by atoms with E-state index in [0.29, 0.717) is 19.3 Å². The topological polar surface area (TPSA) is 60.8 Å². The molecule has 0 fully saturated rings. The van der Waals surface area contributed by atoms with E-state index in [0.717, 1.165) is 4.90 Å². The summed E-state index contributed by atoms with van der Waals surface area (Å²) in [4.78, 5) is 11.3. The first-order valence-electron chi connectivity index (χ1n) is 5.47. The van der Waals surface area contributed by atoms with E-state index in [2.05, 4.69) is 0 Å². The smallest absolute Gasteiger partial charge is 0.401 e. The maximum Gasteiger partial charge on any atom is 0.401 e. The van der Waals surface area contributed by atoms with Gasteiger partial charge in [-0.05, 0) is 19.4 Å². The Hall–Kier alpha value is -0.820. The first-order chi connectivity index (χ1) is 7.85. The molecule has 17 heavy (non-hydrogen) atoms. The van der Waals surface area contributed by atoms with Crippen LogP contribution in [0.15, 0.2) is 0 Å². The van der Waals surface area contributed by atoms with E-state index in [9.17, 15) is 18.0 Å². The van der Waals surface area contributed by atoms with Crippen LogP contribution in [-0.2, 0) is 4.79 Å². The monoisotopic (exact) mass is 257 g/mol. The Kier molecular flexibility index (Phi) is 7.90. The molecule has 7 heteroatoms. The zero-order valence-electron chi connectivity index (χ0n) is 9.54. The molecule has 0 rings (SSSR count). The molecule has 0 amide bonds. The summed E-state index contributed by atoms with van der Waals surface area (Å²) in [7, 11) is 0. The maximum absolute atomic E-state index is 12.1. The lowest BCUT2D eigenvalue weighted by atomic mass is 10.2. The molecule has 4 nitrogen and oxygen atoms in total. The third-order valence-electron chi connectivity index (χ3n) is 2.18. The van der Waals surface area contributed by atoms with E-state index >= 15 is 0 Å². The van der Waals surface area contributed by atoms with Gasteiger partial charge in [-0.2, -0.15) is 13.2 Å². The van der Waals surface area contributed by atoms with Crippen LogP contribution in [0.3, 0.4) is 0 Å². The number of rotatable bonds is 9. The molecule has 0 saturated carbocycles. The number of alkyl halides is 3. The van der Waals surface area contributed by atoms with Gasteiger partial charge in [0.1, 0.15) is 0 Å². The minimum absolute atomic E-state index is 0.0154. The predicted molar refractivity (Wildman–Crippen MR) is 55.7 cm³/mol. The van der Waals surface area contributed by atoms with Crippen LogP contribution < -0.4 is 0 Å². The number of aliphatic carboxylic acids is 1. The molecule has 0 aromatic heterocycles. The lowest BCUT2D eigenvalue weighted by Crippen LogP contribution is -2.36. The van der Waals surface area contributed by atoms with Gasteiger partial charge in [0, 0.05) is 13.0 Å². The summed E-state index contributed by atoms with van der Waals surface area (Å²) in [5, 5.41) is 17.0. The van der Waals surface area contributed by atoms with Crippen LogP contribution in [0.1, 0.15) is 25.7 Å². The highest BCUT2D eigenvalue weighted by atomic mass is 19.4. The molecular formula is C10H18F3NO3. The fourth-order valence-corrected chi connectivity index (χ4v) is 1.45. The number of halogens is 3. The quantitative estimate of drug-likeness (QED) is 0.614. The van der Waals surface area contributed by atoms with Crippen molar-refractivity contribution in [1.82, 2.24) is 4.90 Å². The Morgan fingerprint density at radius 3 is 2.24 bits per heavy atom. The van der Waals surface area contributed by atoms with Gasteiger partial charge >= 0.3 is 12.1 Å². The van der Waals surface area contributed by atoms with Gasteiger partial charge in [-0.3, -0.25) is 9.69 Å². The minimum atomic E-state index is -4.27. The van der Waals surface area contributed by atoms with Gasteiger partial charge in [-0.1, -0.05) is 6.42 Å². The predicted octanol–water partition coefficient (Wildman–Crippen LogP) is 1.49. The molecule has 0 aliphatic rings. The van der Waals surface area contributed by atoms with E-state index in [1.165, 1.54) is 0 Å². The molecule has 0 aliphatic carbocycles. The molecule has 2 N–H and O–H groups in total. The maximum atomic E-state index is 12.1. The number of aliphatic hydroxyl groups excluding tert-OH is 1. The third kappa shape index (κ3) is 11.4. The number of nitrogens with zero attached hydrogens (tertiary/aromatic N) is 1. The number of carboxylic acids is 1. The summed E-state index contributed by atoms with van der Waals surface area (Å²) in [6.45, 7) is -1.14. The van der Waals surface area contributed by atoms with Crippen molar-refractivity contribution in [3.63, 3.8) is 0 Å². The summed E-state index contributed by atoms with van der Waals surface area (Å²) in [5.74, 6) is -0.896. The highest BCUT2D eigenvalue weighted by Gasteiger charge is 2.30. The molecule has 0 spiro atoms. The second-order valence-electron chi connectivity index (χ2n) is 3.82. The summed E-state index contributed by atoms with van der Waals surface area (Å²) < 4.78 is 36.3. The van der Waals surface area contributed by atoms with Crippen LogP contribution >= 0.6 is 0 Å². The molecule has 0 atom stereocenters. The fraction of sp³-hybridized carbons (Fsp3) is 0.900. The average molecular weight is 257 g/mol. The van der Waals surface area contributed by atoms with E-state index < -0.39 is 18.7 Å². The molecule has 0 unspecified atom stereocenters. The molecule has 0 bridgehead atoms. The number of carboxylic acid groups (broad SMARTS) is 1. The molecule has 0 aromatic carbocycles. The van der Waals surface area contributed by atoms with Crippen molar-refractivity contribution >= 4 is 5.97 Å². The summed E-state index contributed by atoms with van der Waals surface area (Å²) in [5.41, 5.74) is 0. The van der Waals surface area contributed by atoms with E-state index in [-0.39, 0.29) is 26.1 Å². The molecule has 0 saturated heterocycles. The highest BCUT2D eigenvalue weighted by molar-refractivity contribution is 5.66. The SMILES string of the molecule is O=C(O)CCCCCN(CCO)CC(F)(F)F. The molecule has 102 valence electrons. The van der Waals surface area contributed by atoms with Gasteiger partial charge < -0.3 is 10.2 Å².